The first-order valence-electron chi connectivity index (χ1n) is 7.41. The Morgan fingerprint density at radius 3 is 2.70 bits per heavy atom. The lowest BCUT2D eigenvalue weighted by molar-refractivity contribution is -0.122. The van der Waals surface area contributed by atoms with Crippen LogP contribution in [0.25, 0.3) is 0 Å². The Kier molecular flexibility index (Phi) is 5.12. The molecule has 2 atom stereocenters. The minimum atomic E-state index is -0.198. The minimum absolute atomic E-state index is 0.0522. The Hall–Kier alpha value is -1.42. The highest BCUT2D eigenvalue weighted by Crippen LogP contribution is 2.48. The summed E-state index contributed by atoms with van der Waals surface area (Å²) < 4.78 is 13.6. The van der Waals surface area contributed by atoms with Gasteiger partial charge in [-0.25, -0.2) is 4.39 Å². The molecule has 0 saturated heterocycles. The van der Waals surface area contributed by atoms with Crippen molar-refractivity contribution in [3.8, 4) is 0 Å². The predicted octanol–water partition coefficient (Wildman–Crippen LogP) is 2.39. The highest BCUT2D eigenvalue weighted by Gasteiger charge is 2.44. The molecule has 110 valence electrons. The summed E-state index contributed by atoms with van der Waals surface area (Å²) in [6.45, 7) is 7.75. The molecule has 0 spiro atoms. The van der Waals surface area contributed by atoms with E-state index in [2.05, 4.69) is 24.1 Å². The van der Waals surface area contributed by atoms with Gasteiger partial charge in [-0.3, -0.25) is 4.79 Å². The molecule has 1 aliphatic rings. The molecule has 20 heavy (non-hydrogen) atoms. The van der Waals surface area contributed by atoms with Crippen LogP contribution in [0.4, 0.5) is 4.39 Å². The maximum atomic E-state index is 13.6. The minimum Gasteiger partial charge on any atom is -0.355 e. The van der Waals surface area contributed by atoms with E-state index in [-0.39, 0.29) is 23.6 Å². The number of hydrogen-bond donors (Lipinski definition) is 1. The average molecular weight is 278 g/mol. The lowest BCUT2D eigenvalue weighted by Gasteiger charge is -2.17. The van der Waals surface area contributed by atoms with Crippen molar-refractivity contribution in [2.24, 2.45) is 5.92 Å². The molecule has 1 aliphatic carbocycles. The van der Waals surface area contributed by atoms with Crippen LogP contribution in [-0.2, 0) is 4.79 Å². The smallest absolute Gasteiger partial charge is 0.223 e. The Bertz CT molecular complexity index is 460. The van der Waals surface area contributed by atoms with Crippen molar-refractivity contribution in [1.29, 1.82) is 0 Å². The standard InChI is InChI=1S/C16H23FN2O/c1-3-19(4-2)10-9-18-16(20)14-11-13(14)12-7-5-6-8-15(12)17/h5-8,13-14H,3-4,9-11H2,1-2H3,(H,18,20). The lowest BCUT2D eigenvalue weighted by Crippen LogP contribution is -2.35. The van der Waals surface area contributed by atoms with Gasteiger partial charge in [0.25, 0.3) is 0 Å². The average Bonchev–Trinajstić information content (AvgIpc) is 3.24. The molecule has 4 heteroatoms. The third-order valence-corrected chi connectivity index (χ3v) is 4.05. The van der Waals surface area contributed by atoms with Crippen molar-refractivity contribution >= 4 is 5.91 Å². The zero-order valence-corrected chi connectivity index (χ0v) is 12.2. The van der Waals surface area contributed by atoms with Crippen LogP contribution in [0, 0.1) is 11.7 Å². The molecular formula is C16H23FN2O. The second-order valence-electron chi connectivity index (χ2n) is 5.29. The Morgan fingerprint density at radius 2 is 2.05 bits per heavy atom. The molecule has 2 unspecified atom stereocenters. The van der Waals surface area contributed by atoms with Crippen LogP contribution < -0.4 is 5.32 Å². The van der Waals surface area contributed by atoms with Gasteiger partial charge >= 0.3 is 0 Å². The van der Waals surface area contributed by atoms with Gasteiger partial charge in [0.05, 0.1) is 0 Å². The number of benzene rings is 1. The Labute approximate surface area is 120 Å². The highest BCUT2D eigenvalue weighted by atomic mass is 19.1. The fraction of sp³-hybridized carbons (Fsp3) is 0.562. The van der Waals surface area contributed by atoms with Crippen LogP contribution in [0.3, 0.4) is 0 Å². The summed E-state index contributed by atoms with van der Waals surface area (Å²) in [6, 6.07) is 6.75. The number of nitrogens with zero attached hydrogens (tertiary/aromatic N) is 1. The van der Waals surface area contributed by atoms with Gasteiger partial charge in [-0.2, -0.15) is 0 Å². The number of carbonyl (C=O) groups excluding carboxylic acids is 1. The summed E-state index contributed by atoms with van der Waals surface area (Å²) in [5.74, 6) is -0.130. The SMILES string of the molecule is CCN(CC)CCNC(=O)C1CC1c1ccccc1F. The van der Waals surface area contributed by atoms with Crippen LogP contribution in [-0.4, -0.2) is 37.0 Å². The molecule has 1 N–H and O–H groups in total. The number of rotatable bonds is 7. The molecule has 0 radical (unpaired) electrons. The van der Waals surface area contributed by atoms with Crippen molar-refractivity contribution in [2.45, 2.75) is 26.2 Å². The van der Waals surface area contributed by atoms with Crippen LogP contribution >= 0.6 is 0 Å². The number of carbonyl (C=O) groups is 1. The van der Waals surface area contributed by atoms with Crippen LogP contribution in [0.2, 0.25) is 0 Å². The first-order valence-corrected chi connectivity index (χ1v) is 7.41. The quantitative estimate of drug-likeness (QED) is 0.830. The Morgan fingerprint density at radius 1 is 1.35 bits per heavy atom. The fourth-order valence-electron chi connectivity index (χ4n) is 2.61. The van der Waals surface area contributed by atoms with Gasteiger partial charge in [0, 0.05) is 19.0 Å². The zero-order chi connectivity index (χ0) is 14.5. The zero-order valence-electron chi connectivity index (χ0n) is 12.2. The largest absolute Gasteiger partial charge is 0.355 e. The molecule has 3 nitrogen and oxygen atoms in total. The van der Waals surface area contributed by atoms with Crippen LogP contribution in [0.15, 0.2) is 24.3 Å². The fourth-order valence-corrected chi connectivity index (χ4v) is 2.61. The maximum Gasteiger partial charge on any atom is 0.223 e. The molecule has 1 aromatic rings. The van der Waals surface area contributed by atoms with E-state index in [9.17, 15) is 9.18 Å². The van der Waals surface area contributed by atoms with E-state index in [4.69, 9.17) is 0 Å². The maximum absolute atomic E-state index is 13.6. The topological polar surface area (TPSA) is 32.3 Å². The van der Waals surface area contributed by atoms with E-state index >= 15 is 0 Å². The molecule has 0 heterocycles. The summed E-state index contributed by atoms with van der Waals surface area (Å²) in [5.41, 5.74) is 0.677. The molecule has 1 aromatic carbocycles. The molecule has 2 rings (SSSR count). The van der Waals surface area contributed by atoms with Gasteiger partial charge in [-0.15, -0.1) is 0 Å². The molecule has 1 amide bonds. The van der Waals surface area contributed by atoms with E-state index in [0.717, 1.165) is 26.1 Å². The van der Waals surface area contributed by atoms with Gasteiger partial charge < -0.3 is 10.2 Å². The normalized spacial score (nSPS) is 21.0. The van der Waals surface area contributed by atoms with E-state index in [1.807, 2.05) is 6.07 Å². The first-order chi connectivity index (χ1) is 9.67. The van der Waals surface area contributed by atoms with Crippen molar-refractivity contribution in [3.63, 3.8) is 0 Å². The highest BCUT2D eigenvalue weighted by molar-refractivity contribution is 5.82. The third kappa shape index (κ3) is 3.57. The summed E-state index contributed by atoms with van der Waals surface area (Å²) in [5, 5.41) is 2.96. The van der Waals surface area contributed by atoms with Gasteiger partial charge in [0.15, 0.2) is 0 Å². The second kappa shape index (κ2) is 6.84. The monoisotopic (exact) mass is 278 g/mol. The third-order valence-electron chi connectivity index (χ3n) is 4.05. The lowest BCUT2D eigenvalue weighted by atomic mass is 10.1. The van der Waals surface area contributed by atoms with Crippen molar-refractivity contribution < 1.29 is 9.18 Å². The number of amides is 1. The molecule has 0 bridgehead atoms. The molecule has 1 fully saturated rings. The molecular weight excluding hydrogens is 255 g/mol. The molecule has 1 saturated carbocycles. The summed E-state index contributed by atoms with van der Waals surface area (Å²) in [7, 11) is 0. The van der Waals surface area contributed by atoms with E-state index in [1.165, 1.54) is 6.07 Å². The van der Waals surface area contributed by atoms with Crippen LogP contribution in [0.5, 0.6) is 0 Å². The molecule has 0 aliphatic heterocycles. The summed E-state index contributed by atoms with van der Waals surface area (Å²) in [4.78, 5) is 14.3. The van der Waals surface area contributed by atoms with E-state index in [1.54, 1.807) is 12.1 Å². The summed E-state index contributed by atoms with van der Waals surface area (Å²) in [6.07, 6.45) is 0.762. The van der Waals surface area contributed by atoms with Crippen LogP contribution in [0.1, 0.15) is 31.7 Å². The van der Waals surface area contributed by atoms with Gasteiger partial charge in [0.2, 0.25) is 5.91 Å². The van der Waals surface area contributed by atoms with Gasteiger partial charge in [-0.1, -0.05) is 32.0 Å². The van der Waals surface area contributed by atoms with Gasteiger partial charge in [-0.05, 0) is 37.1 Å². The second-order valence-corrected chi connectivity index (χ2v) is 5.29. The summed E-state index contributed by atoms with van der Waals surface area (Å²) >= 11 is 0. The number of halogens is 1. The number of likely N-dealkylation sites (N-methyl/N-ethyl adjacent to an activating group) is 1. The Balaban J connectivity index is 1.78. The van der Waals surface area contributed by atoms with Crippen molar-refractivity contribution in [1.82, 2.24) is 10.2 Å². The van der Waals surface area contributed by atoms with Crippen molar-refractivity contribution in [2.75, 3.05) is 26.2 Å². The number of hydrogen-bond acceptors (Lipinski definition) is 2. The predicted molar refractivity (Wildman–Crippen MR) is 78.0 cm³/mol. The van der Waals surface area contributed by atoms with E-state index in [0.29, 0.717) is 12.1 Å². The first kappa shape index (κ1) is 15.0. The van der Waals surface area contributed by atoms with Crippen molar-refractivity contribution in [3.05, 3.63) is 35.6 Å². The molecule has 0 aromatic heterocycles. The van der Waals surface area contributed by atoms with Gasteiger partial charge in [0.1, 0.15) is 5.82 Å². The number of nitrogens with one attached hydrogen (secondary N) is 1. The van der Waals surface area contributed by atoms with E-state index < -0.39 is 0 Å².